The van der Waals surface area contributed by atoms with E-state index in [2.05, 4.69) is 26.1 Å². The molecule has 4 rings (SSSR count). The number of pyridine rings is 1. The van der Waals surface area contributed by atoms with Crippen LogP contribution in [0.25, 0.3) is 11.4 Å². The quantitative estimate of drug-likeness (QED) is 0.732. The number of hydrogen-bond donors (Lipinski definition) is 0. The predicted octanol–water partition coefficient (Wildman–Crippen LogP) is 3.39. The smallest absolute Gasteiger partial charge is 0.230 e. The molecule has 0 bridgehead atoms. The summed E-state index contributed by atoms with van der Waals surface area (Å²) in [6.07, 6.45) is 3.53. The van der Waals surface area contributed by atoms with Gasteiger partial charge in [-0.2, -0.15) is 10.2 Å². The largest absolute Gasteiger partial charge is 0.355 e. The first kappa shape index (κ1) is 15.3. The van der Waals surface area contributed by atoms with Crippen molar-refractivity contribution >= 4 is 5.82 Å². The Morgan fingerprint density at radius 3 is 2.64 bits per heavy atom. The van der Waals surface area contributed by atoms with Crippen LogP contribution in [0.2, 0.25) is 0 Å². The van der Waals surface area contributed by atoms with Crippen LogP contribution in [0.4, 0.5) is 5.82 Å². The van der Waals surface area contributed by atoms with Crippen molar-refractivity contribution in [2.75, 3.05) is 18.0 Å². The number of nitriles is 1. The molecule has 1 saturated heterocycles. The van der Waals surface area contributed by atoms with Crippen LogP contribution in [0.1, 0.15) is 30.2 Å². The van der Waals surface area contributed by atoms with E-state index in [1.807, 2.05) is 30.3 Å². The Hall–Kier alpha value is -3.20. The highest BCUT2D eigenvalue weighted by Crippen LogP contribution is 2.31. The van der Waals surface area contributed by atoms with Gasteiger partial charge in [0.05, 0.1) is 5.56 Å². The summed E-state index contributed by atoms with van der Waals surface area (Å²) in [5, 5.41) is 13.4. The van der Waals surface area contributed by atoms with E-state index in [-0.39, 0.29) is 5.92 Å². The first-order chi connectivity index (χ1) is 12.3. The van der Waals surface area contributed by atoms with E-state index in [0.29, 0.717) is 17.3 Å². The molecular weight excluding hydrogens is 314 g/mol. The van der Waals surface area contributed by atoms with Gasteiger partial charge in [-0.15, -0.1) is 0 Å². The lowest BCUT2D eigenvalue weighted by atomic mass is 9.96. The van der Waals surface area contributed by atoms with Crippen molar-refractivity contribution in [3.8, 4) is 17.5 Å². The zero-order valence-corrected chi connectivity index (χ0v) is 13.7. The lowest BCUT2D eigenvalue weighted by molar-refractivity contribution is 0.329. The molecule has 0 N–H and O–H groups in total. The van der Waals surface area contributed by atoms with Crippen LogP contribution in [-0.2, 0) is 0 Å². The number of aromatic nitrogens is 3. The molecule has 0 saturated carbocycles. The van der Waals surface area contributed by atoms with Gasteiger partial charge in [-0.3, -0.25) is 0 Å². The van der Waals surface area contributed by atoms with Gasteiger partial charge in [0.1, 0.15) is 11.9 Å². The number of nitrogens with zero attached hydrogens (tertiary/aromatic N) is 5. The lowest BCUT2D eigenvalue weighted by Gasteiger charge is -2.31. The van der Waals surface area contributed by atoms with Crippen LogP contribution in [0, 0.1) is 11.3 Å². The maximum atomic E-state index is 9.24. The van der Waals surface area contributed by atoms with Crippen LogP contribution in [0.3, 0.4) is 0 Å². The number of hydrogen-bond acceptors (Lipinski definition) is 6. The van der Waals surface area contributed by atoms with Gasteiger partial charge in [-0.1, -0.05) is 35.5 Å². The minimum atomic E-state index is 0.246. The molecule has 1 fully saturated rings. The molecule has 1 aromatic carbocycles. The van der Waals surface area contributed by atoms with Gasteiger partial charge in [0, 0.05) is 30.8 Å². The van der Waals surface area contributed by atoms with E-state index in [0.717, 1.165) is 37.3 Å². The number of piperidine rings is 1. The molecule has 0 atom stereocenters. The van der Waals surface area contributed by atoms with Crippen molar-refractivity contribution in [2.24, 2.45) is 0 Å². The van der Waals surface area contributed by atoms with Gasteiger partial charge in [0.25, 0.3) is 0 Å². The van der Waals surface area contributed by atoms with Crippen LogP contribution in [-0.4, -0.2) is 28.2 Å². The highest BCUT2D eigenvalue weighted by molar-refractivity contribution is 5.54. The molecule has 3 aromatic rings. The monoisotopic (exact) mass is 331 g/mol. The summed E-state index contributed by atoms with van der Waals surface area (Å²) in [7, 11) is 0. The van der Waals surface area contributed by atoms with Crippen molar-refractivity contribution in [2.45, 2.75) is 18.8 Å². The Morgan fingerprint density at radius 1 is 1.08 bits per heavy atom. The van der Waals surface area contributed by atoms with Crippen LogP contribution < -0.4 is 4.90 Å². The molecule has 1 aliphatic rings. The zero-order valence-electron chi connectivity index (χ0n) is 13.7. The fraction of sp³-hybridized carbons (Fsp3) is 0.263. The molecule has 0 spiro atoms. The SMILES string of the molecule is N#Cc1cccnc1N1CCC(c2nc(-c3ccccc3)no2)CC1. The van der Waals surface area contributed by atoms with Crippen molar-refractivity contribution < 1.29 is 4.52 Å². The standard InChI is InChI=1S/C19H17N5O/c20-13-16-7-4-10-21-18(16)24-11-8-15(9-12-24)19-22-17(23-25-19)14-5-2-1-3-6-14/h1-7,10,15H,8-9,11-12H2. The molecule has 2 aromatic heterocycles. The topological polar surface area (TPSA) is 78.8 Å². The van der Waals surface area contributed by atoms with E-state index < -0.39 is 0 Å². The fourth-order valence-electron chi connectivity index (χ4n) is 3.18. The summed E-state index contributed by atoms with van der Waals surface area (Å²) in [5.41, 5.74) is 1.58. The molecule has 1 aliphatic heterocycles. The first-order valence-electron chi connectivity index (χ1n) is 8.34. The maximum absolute atomic E-state index is 9.24. The Bertz CT molecular complexity index is 891. The minimum absolute atomic E-state index is 0.246. The van der Waals surface area contributed by atoms with Crippen molar-refractivity contribution in [3.05, 3.63) is 60.1 Å². The average Bonchev–Trinajstić information content (AvgIpc) is 3.19. The Kier molecular flexibility index (Phi) is 4.13. The van der Waals surface area contributed by atoms with Gasteiger partial charge in [-0.25, -0.2) is 4.98 Å². The summed E-state index contributed by atoms with van der Waals surface area (Å²) < 4.78 is 5.50. The molecule has 6 nitrogen and oxygen atoms in total. The van der Waals surface area contributed by atoms with E-state index in [1.165, 1.54) is 0 Å². The summed E-state index contributed by atoms with van der Waals surface area (Å²) in [4.78, 5) is 11.1. The summed E-state index contributed by atoms with van der Waals surface area (Å²) in [6.45, 7) is 1.64. The number of anilines is 1. The van der Waals surface area contributed by atoms with E-state index in [1.54, 1.807) is 18.3 Å². The molecular formula is C19H17N5O. The number of benzene rings is 1. The molecule has 124 valence electrons. The maximum Gasteiger partial charge on any atom is 0.230 e. The van der Waals surface area contributed by atoms with Gasteiger partial charge in [0.15, 0.2) is 0 Å². The van der Waals surface area contributed by atoms with Crippen LogP contribution in [0.15, 0.2) is 53.2 Å². The van der Waals surface area contributed by atoms with Crippen LogP contribution >= 0.6 is 0 Å². The second kappa shape index (κ2) is 6.73. The second-order valence-corrected chi connectivity index (χ2v) is 6.07. The molecule has 0 radical (unpaired) electrons. The van der Waals surface area contributed by atoms with E-state index >= 15 is 0 Å². The summed E-state index contributed by atoms with van der Waals surface area (Å²) >= 11 is 0. The first-order valence-corrected chi connectivity index (χ1v) is 8.34. The normalized spacial score (nSPS) is 15.1. The highest BCUT2D eigenvalue weighted by Gasteiger charge is 2.27. The second-order valence-electron chi connectivity index (χ2n) is 6.07. The third kappa shape index (κ3) is 3.09. The van der Waals surface area contributed by atoms with Crippen molar-refractivity contribution in [1.82, 2.24) is 15.1 Å². The van der Waals surface area contributed by atoms with E-state index in [9.17, 15) is 5.26 Å². The highest BCUT2D eigenvalue weighted by atomic mass is 16.5. The molecule has 25 heavy (non-hydrogen) atoms. The molecule has 0 unspecified atom stereocenters. The average molecular weight is 331 g/mol. The summed E-state index contributed by atoms with van der Waals surface area (Å²) in [6, 6.07) is 15.6. The third-order valence-electron chi connectivity index (χ3n) is 4.52. The number of rotatable bonds is 3. The lowest BCUT2D eigenvalue weighted by Crippen LogP contribution is -2.34. The third-order valence-corrected chi connectivity index (χ3v) is 4.52. The molecule has 0 amide bonds. The fourth-order valence-corrected chi connectivity index (χ4v) is 3.18. The van der Waals surface area contributed by atoms with E-state index in [4.69, 9.17) is 4.52 Å². The predicted molar refractivity (Wildman–Crippen MR) is 92.9 cm³/mol. The van der Waals surface area contributed by atoms with Gasteiger partial charge in [-0.05, 0) is 25.0 Å². The summed E-state index contributed by atoms with van der Waals surface area (Å²) in [5.74, 6) is 2.34. The minimum Gasteiger partial charge on any atom is -0.355 e. The molecule has 6 heteroatoms. The Labute approximate surface area is 145 Å². The zero-order chi connectivity index (χ0) is 17.1. The Balaban J connectivity index is 1.46. The van der Waals surface area contributed by atoms with Crippen molar-refractivity contribution in [3.63, 3.8) is 0 Å². The van der Waals surface area contributed by atoms with Crippen molar-refractivity contribution in [1.29, 1.82) is 5.26 Å². The molecule has 0 aliphatic carbocycles. The van der Waals surface area contributed by atoms with Crippen LogP contribution in [0.5, 0.6) is 0 Å². The van der Waals surface area contributed by atoms with Gasteiger partial charge >= 0.3 is 0 Å². The van der Waals surface area contributed by atoms with Gasteiger partial charge in [0.2, 0.25) is 11.7 Å². The van der Waals surface area contributed by atoms with Gasteiger partial charge < -0.3 is 9.42 Å². The Morgan fingerprint density at radius 2 is 1.88 bits per heavy atom. The molecule has 3 heterocycles.